The Morgan fingerprint density at radius 3 is 2.40 bits per heavy atom. The fraction of sp³-hybridized carbons (Fsp3) is 1.00. The van der Waals surface area contributed by atoms with Crippen molar-refractivity contribution >= 4 is 11.6 Å². The molecular weight excluding hydrogens is 144 g/mol. The second kappa shape index (κ2) is 3.61. The molecule has 0 spiro atoms. The van der Waals surface area contributed by atoms with Gasteiger partial charge < -0.3 is 0 Å². The first kappa shape index (κ1) is 8.39. The summed E-state index contributed by atoms with van der Waals surface area (Å²) in [6, 6.07) is 0. The van der Waals surface area contributed by atoms with Crippen LogP contribution in [0, 0.1) is 11.8 Å². The first-order valence-corrected chi connectivity index (χ1v) is 4.76. The van der Waals surface area contributed by atoms with Crippen molar-refractivity contribution in [3.63, 3.8) is 0 Å². The highest BCUT2D eigenvalue weighted by Crippen LogP contribution is 2.29. The van der Waals surface area contributed by atoms with Crippen LogP contribution in [0.4, 0.5) is 0 Å². The molecule has 0 radical (unpaired) electrons. The van der Waals surface area contributed by atoms with Crippen molar-refractivity contribution in [3.05, 3.63) is 0 Å². The van der Waals surface area contributed by atoms with E-state index in [-0.39, 0.29) is 0 Å². The van der Waals surface area contributed by atoms with Crippen LogP contribution in [0.15, 0.2) is 0 Å². The van der Waals surface area contributed by atoms with Crippen LogP contribution in [0.25, 0.3) is 0 Å². The Kier molecular flexibility index (Phi) is 3.03. The highest BCUT2D eigenvalue weighted by atomic mass is 35.5. The minimum Gasteiger partial charge on any atom is -0.123 e. The summed E-state index contributed by atoms with van der Waals surface area (Å²) in [5.41, 5.74) is 0. The second-order valence-corrected chi connectivity index (χ2v) is 4.47. The molecule has 0 N–H and O–H groups in total. The quantitative estimate of drug-likeness (QED) is 0.376. The third-order valence-corrected chi connectivity index (χ3v) is 2.83. The molecule has 1 saturated carbocycles. The second-order valence-electron chi connectivity index (χ2n) is 3.86. The van der Waals surface area contributed by atoms with Crippen molar-refractivity contribution in [2.24, 2.45) is 11.8 Å². The Morgan fingerprint density at radius 1 is 1.00 bits per heavy atom. The summed E-state index contributed by atoms with van der Waals surface area (Å²) in [6.45, 7) is 4.66. The maximum atomic E-state index is 6.08. The summed E-state index contributed by atoms with van der Waals surface area (Å²) in [7, 11) is 0. The lowest BCUT2D eigenvalue weighted by atomic mass is 9.96. The monoisotopic (exact) mass is 160 g/mol. The third kappa shape index (κ3) is 2.49. The molecule has 3 unspecified atom stereocenters. The fourth-order valence-corrected chi connectivity index (χ4v) is 2.35. The zero-order chi connectivity index (χ0) is 7.56. The number of alkyl halides is 1. The first-order valence-electron chi connectivity index (χ1n) is 4.32. The van der Waals surface area contributed by atoms with E-state index in [4.69, 9.17) is 11.6 Å². The highest BCUT2D eigenvalue weighted by Gasteiger charge is 2.18. The molecule has 1 aliphatic rings. The van der Waals surface area contributed by atoms with Gasteiger partial charge in [-0.05, 0) is 37.5 Å². The van der Waals surface area contributed by atoms with Crippen molar-refractivity contribution in [1.29, 1.82) is 0 Å². The minimum absolute atomic E-state index is 0.458. The summed E-state index contributed by atoms with van der Waals surface area (Å²) in [5.74, 6) is 1.75. The zero-order valence-electron chi connectivity index (χ0n) is 6.94. The average molecular weight is 161 g/mol. The molecule has 0 saturated heterocycles. The number of hydrogen-bond acceptors (Lipinski definition) is 0. The van der Waals surface area contributed by atoms with E-state index >= 15 is 0 Å². The molecular formula is C9H17Cl. The number of halogens is 1. The Balaban J connectivity index is 2.38. The normalized spacial score (nSPS) is 42.9. The maximum Gasteiger partial charge on any atom is 0.0338 e. The first-order chi connectivity index (χ1) is 4.68. The lowest BCUT2D eigenvalue weighted by Crippen LogP contribution is -2.01. The predicted octanol–water partition coefficient (Wildman–Crippen LogP) is 3.44. The van der Waals surface area contributed by atoms with Crippen LogP contribution in [-0.2, 0) is 0 Å². The van der Waals surface area contributed by atoms with E-state index in [2.05, 4.69) is 13.8 Å². The Bertz CT molecular complexity index is 88.9. The average Bonchev–Trinajstić information content (AvgIpc) is 1.93. The van der Waals surface area contributed by atoms with Gasteiger partial charge in [0.1, 0.15) is 0 Å². The largest absolute Gasteiger partial charge is 0.123 e. The molecule has 0 aromatic carbocycles. The van der Waals surface area contributed by atoms with Crippen LogP contribution in [0.2, 0.25) is 0 Å². The molecule has 0 amide bonds. The molecule has 10 heavy (non-hydrogen) atoms. The summed E-state index contributed by atoms with van der Waals surface area (Å²) in [6.07, 6.45) is 5.17. The lowest BCUT2D eigenvalue weighted by Gasteiger charge is -2.10. The van der Waals surface area contributed by atoms with Crippen molar-refractivity contribution in [3.8, 4) is 0 Å². The van der Waals surface area contributed by atoms with E-state index in [0.717, 1.165) is 11.8 Å². The van der Waals surface area contributed by atoms with E-state index in [1.807, 2.05) is 0 Å². The molecule has 1 fully saturated rings. The number of rotatable bonds is 0. The van der Waals surface area contributed by atoms with E-state index in [9.17, 15) is 0 Å². The smallest absolute Gasteiger partial charge is 0.0338 e. The summed E-state index contributed by atoms with van der Waals surface area (Å²) < 4.78 is 0. The van der Waals surface area contributed by atoms with Crippen LogP contribution in [-0.4, -0.2) is 5.38 Å². The lowest BCUT2D eigenvalue weighted by molar-refractivity contribution is 0.424. The van der Waals surface area contributed by atoms with E-state index in [1.54, 1.807) is 0 Å². The molecule has 0 aliphatic heterocycles. The molecule has 0 aromatic heterocycles. The van der Waals surface area contributed by atoms with Gasteiger partial charge in [0.25, 0.3) is 0 Å². The van der Waals surface area contributed by atoms with Crippen LogP contribution in [0.5, 0.6) is 0 Å². The van der Waals surface area contributed by atoms with Crippen LogP contribution < -0.4 is 0 Å². The van der Waals surface area contributed by atoms with Gasteiger partial charge in [-0.3, -0.25) is 0 Å². The zero-order valence-corrected chi connectivity index (χ0v) is 7.69. The summed E-state index contributed by atoms with van der Waals surface area (Å²) in [4.78, 5) is 0. The molecule has 0 aromatic rings. The molecule has 1 heteroatoms. The van der Waals surface area contributed by atoms with Crippen molar-refractivity contribution in [2.75, 3.05) is 0 Å². The van der Waals surface area contributed by atoms with E-state index < -0.39 is 0 Å². The van der Waals surface area contributed by atoms with E-state index in [0.29, 0.717) is 5.38 Å². The van der Waals surface area contributed by atoms with Crippen LogP contribution in [0.3, 0.4) is 0 Å². The van der Waals surface area contributed by atoms with Crippen molar-refractivity contribution in [2.45, 2.75) is 44.9 Å². The highest BCUT2D eigenvalue weighted by molar-refractivity contribution is 6.20. The summed E-state index contributed by atoms with van der Waals surface area (Å²) >= 11 is 6.08. The fourth-order valence-electron chi connectivity index (χ4n) is 1.92. The van der Waals surface area contributed by atoms with Gasteiger partial charge in [-0.25, -0.2) is 0 Å². The van der Waals surface area contributed by atoms with Crippen molar-refractivity contribution < 1.29 is 0 Å². The Hall–Kier alpha value is 0.290. The molecule has 0 bridgehead atoms. The molecule has 0 heterocycles. The van der Waals surface area contributed by atoms with Gasteiger partial charge in [0.15, 0.2) is 0 Å². The molecule has 1 aliphatic carbocycles. The maximum absolute atomic E-state index is 6.08. The van der Waals surface area contributed by atoms with Crippen molar-refractivity contribution in [1.82, 2.24) is 0 Å². The van der Waals surface area contributed by atoms with Gasteiger partial charge in [0.05, 0.1) is 0 Å². The predicted molar refractivity (Wildman–Crippen MR) is 46.4 cm³/mol. The third-order valence-electron chi connectivity index (χ3n) is 2.44. The summed E-state index contributed by atoms with van der Waals surface area (Å²) in [5, 5.41) is 0.458. The number of hydrogen-bond donors (Lipinski definition) is 0. The molecule has 0 nitrogen and oxygen atoms in total. The topological polar surface area (TPSA) is 0 Å². The van der Waals surface area contributed by atoms with Gasteiger partial charge in [-0.2, -0.15) is 0 Å². The van der Waals surface area contributed by atoms with Gasteiger partial charge in [0, 0.05) is 5.38 Å². The van der Waals surface area contributed by atoms with Gasteiger partial charge in [-0.15, -0.1) is 11.6 Å². The Labute approximate surface area is 69.0 Å². The Morgan fingerprint density at radius 2 is 1.70 bits per heavy atom. The van der Waals surface area contributed by atoms with Gasteiger partial charge in [0.2, 0.25) is 0 Å². The standard InChI is InChI=1S/C9H17Cl/c1-7-3-4-9(10)6-8(2)5-7/h7-9H,3-6H2,1-2H3. The van der Waals surface area contributed by atoms with E-state index in [1.165, 1.54) is 25.7 Å². The van der Waals surface area contributed by atoms with Crippen LogP contribution >= 0.6 is 11.6 Å². The minimum atomic E-state index is 0.458. The van der Waals surface area contributed by atoms with Gasteiger partial charge >= 0.3 is 0 Å². The molecule has 60 valence electrons. The van der Waals surface area contributed by atoms with Gasteiger partial charge in [-0.1, -0.05) is 13.8 Å². The van der Waals surface area contributed by atoms with Crippen LogP contribution in [0.1, 0.15) is 39.5 Å². The SMILES string of the molecule is CC1CCC(Cl)CC(C)C1. The molecule has 3 atom stereocenters. The molecule has 1 rings (SSSR count).